The van der Waals surface area contributed by atoms with Crippen LogP contribution in [0.3, 0.4) is 0 Å². The van der Waals surface area contributed by atoms with Gasteiger partial charge in [0.25, 0.3) is 11.8 Å². The van der Waals surface area contributed by atoms with E-state index in [1.807, 2.05) is 42.5 Å². The molecule has 0 radical (unpaired) electrons. The van der Waals surface area contributed by atoms with Crippen LogP contribution in [0.5, 0.6) is 0 Å². The molecule has 0 saturated heterocycles. The zero-order valence-electron chi connectivity index (χ0n) is 16.6. The monoisotopic (exact) mass is 480 g/mol. The van der Waals surface area contributed by atoms with Crippen LogP contribution in [-0.4, -0.2) is 24.4 Å². The third kappa shape index (κ3) is 6.79. The molecular weight excluding hydrogens is 460 g/mol. The zero-order chi connectivity index (χ0) is 22.1. The lowest BCUT2D eigenvalue weighted by Gasteiger charge is -2.19. The molecule has 2 amide bonds. The normalized spacial score (nSPS) is 11.3. The van der Waals surface area contributed by atoms with E-state index >= 15 is 0 Å². The molecule has 0 aliphatic carbocycles. The van der Waals surface area contributed by atoms with Crippen molar-refractivity contribution in [3.63, 3.8) is 0 Å². The topological polar surface area (TPSA) is 84.5 Å². The second-order valence-corrected chi connectivity index (χ2v) is 7.55. The first-order chi connectivity index (χ1) is 15.0. The van der Waals surface area contributed by atoms with Crippen molar-refractivity contribution >= 4 is 39.4 Å². The first-order valence-electron chi connectivity index (χ1n) is 9.64. The van der Waals surface area contributed by atoms with E-state index in [0.717, 1.165) is 10.0 Å². The van der Waals surface area contributed by atoms with Gasteiger partial charge in [0.2, 0.25) is 0 Å². The predicted molar refractivity (Wildman–Crippen MR) is 121 cm³/mol. The molecule has 0 heterocycles. The molecule has 0 aliphatic rings. The van der Waals surface area contributed by atoms with Crippen LogP contribution in [0.1, 0.15) is 28.4 Å². The maximum Gasteiger partial charge on any atom is 0.308 e. The summed E-state index contributed by atoms with van der Waals surface area (Å²) in [6, 6.07) is 24.4. The number of anilines is 1. The Bertz CT molecular complexity index is 1040. The summed E-state index contributed by atoms with van der Waals surface area (Å²) in [5.41, 5.74) is 1.84. The third-order valence-electron chi connectivity index (χ3n) is 4.43. The molecule has 1 atom stereocenters. The molecule has 0 aliphatic heterocycles. The van der Waals surface area contributed by atoms with Crippen LogP contribution in [0, 0.1) is 0 Å². The largest absolute Gasteiger partial charge is 0.455 e. The van der Waals surface area contributed by atoms with Crippen molar-refractivity contribution in [1.82, 2.24) is 5.32 Å². The van der Waals surface area contributed by atoms with Gasteiger partial charge in [0, 0.05) is 10.0 Å². The predicted octanol–water partition coefficient (Wildman–Crippen LogP) is 4.49. The number of hydrogen-bond donors (Lipinski definition) is 2. The lowest BCUT2D eigenvalue weighted by atomic mass is 10.0. The maximum absolute atomic E-state index is 12.6. The molecule has 0 spiro atoms. The second kappa shape index (κ2) is 11.1. The molecular formula is C24H21BrN2O4. The molecule has 0 fully saturated rings. The number of esters is 1. The number of para-hydroxylation sites is 1. The van der Waals surface area contributed by atoms with Crippen molar-refractivity contribution in [3.8, 4) is 0 Å². The van der Waals surface area contributed by atoms with Crippen molar-refractivity contribution in [3.05, 3.63) is 101 Å². The molecule has 3 aromatic rings. The average molecular weight is 481 g/mol. The Balaban J connectivity index is 1.60. The van der Waals surface area contributed by atoms with E-state index < -0.39 is 24.5 Å². The van der Waals surface area contributed by atoms with Crippen LogP contribution in [0.15, 0.2) is 89.4 Å². The zero-order valence-corrected chi connectivity index (χ0v) is 18.2. The number of ether oxygens (including phenoxy) is 1. The minimum absolute atomic E-state index is 0.106. The van der Waals surface area contributed by atoms with Crippen molar-refractivity contribution < 1.29 is 19.1 Å². The summed E-state index contributed by atoms with van der Waals surface area (Å²) in [7, 11) is 0. The number of rotatable bonds is 8. The highest BCUT2D eigenvalue weighted by Gasteiger charge is 2.20. The Kier molecular flexibility index (Phi) is 7.95. The van der Waals surface area contributed by atoms with E-state index in [-0.39, 0.29) is 12.3 Å². The summed E-state index contributed by atoms with van der Waals surface area (Å²) in [6.45, 7) is -0.422. The fourth-order valence-electron chi connectivity index (χ4n) is 2.89. The van der Waals surface area contributed by atoms with Crippen LogP contribution in [0.4, 0.5) is 5.69 Å². The fourth-order valence-corrected chi connectivity index (χ4v) is 3.27. The summed E-state index contributed by atoms with van der Waals surface area (Å²) in [5.74, 6) is -1.34. The molecule has 0 saturated carbocycles. The van der Waals surface area contributed by atoms with E-state index in [4.69, 9.17) is 4.74 Å². The van der Waals surface area contributed by atoms with Gasteiger partial charge in [0.1, 0.15) is 0 Å². The van der Waals surface area contributed by atoms with E-state index in [0.29, 0.717) is 11.3 Å². The molecule has 158 valence electrons. The van der Waals surface area contributed by atoms with E-state index in [1.54, 1.807) is 42.5 Å². The highest BCUT2D eigenvalue weighted by Crippen LogP contribution is 2.21. The standard InChI is InChI=1S/C24H21BrN2O4/c25-19-13-7-8-14-20(19)26-22(28)16-31-23(29)15-21(17-9-3-1-4-10-17)27-24(30)18-11-5-2-6-12-18/h1-14,21H,15-16H2,(H,26,28)(H,27,30). The molecule has 1 unspecified atom stereocenters. The first kappa shape index (κ1) is 22.2. The second-order valence-electron chi connectivity index (χ2n) is 6.70. The number of halogens is 1. The van der Waals surface area contributed by atoms with Gasteiger partial charge in [0.15, 0.2) is 6.61 Å². The van der Waals surface area contributed by atoms with Gasteiger partial charge in [-0.3, -0.25) is 14.4 Å². The molecule has 0 bridgehead atoms. The number of carbonyl (C=O) groups is 3. The summed E-state index contributed by atoms with van der Waals surface area (Å²) in [4.78, 5) is 37.1. The van der Waals surface area contributed by atoms with Gasteiger partial charge in [0.05, 0.1) is 18.2 Å². The molecule has 31 heavy (non-hydrogen) atoms. The SMILES string of the molecule is O=C(COC(=O)CC(NC(=O)c1ccccc1)c1ccccc1)Nc1ccccc1Br. The van der Waals surface area contributed by atoms with Crippen molar-refractivity contribution in [2.24, 2.45) is 0 Å². The lowest BCUT2D eigenvalue weighted by Crippen LogP contribution is -2.31. The fraction of sp³-hybridized carbons (Fsp3) is 0.125. The van der Waals surface area contributed by atoms with Crippen molar-refractivity contribution in [1.29, 1.82) is 0 Å². The van der Waals surface area contributed by atoms with Gasteiger partial charge in [-0.1, -0.05) is 60.7 Å². The number of hydrogen-bond acceptors (Lipinski definition) is 4. The Morgan fingerprint density at radius 1 is 0.839 bits per heavy atom. The molecule has 2 N–H and O–H groups in total. The van der Waals surface area contributed by atoms with E-state index in [9.17, 15) is 14.4 Å². The third-order valence-corrected chi connectivity index (χ3v) is 5.12. The Morgan fingerprint density at radius 2 is 1.45 bits per heavy atom. The summed E-state index contributed by atoms with van der Waals surface area (Å²) >= 11 is 3.34. The lowest BCUT2D eigenvalue weighted by molar-refractivity contribution is -0.147. The smallest absolute Gasteiger partial charge is 0.308 e. The van der Waals surface area contributed by atoms with Gasteiger partial charge < -0.3 is 15.4 Å². The van der Waals surface area contributed by atoms with Gasteiger partial charge in [-0.2, -0.15) is 0 Å². The summed E-state index contributed by atoms with van der Waals surface area (Å²) < 4.78 is 5.86. The minimum Gasteiger partial charge on any atom is -0.455 e. The van der Waals surface area contributed by atoms with Crippen LogP contribution in [-0.2, 0) is 14.3 Å². The highest BCUT2D eigenvalue weighted by molar-refractivity contribution is 9.10. The van der Waals surface area contributed by atoms with Gasteiger partial charge in [-0.05, 0) is 45.8 Å². The Hall–Kier alpha value is -3.45. The molecule has 0 aromatic heterocycles. The summed E-state index contributed by atoms with van der Waals surface area (Å²) in [5, 5.41) is 5.54. The Labute approximate surface area is 188 Å². The van der Waals surface area contributed by atoms with Crippen molar-refractivity contribution in [2.75, 3.05) is 11.9 Å². The average Bonchev–Trinajstić information content (AvgIpc) is 2.80. The molecule has 3 aromatic carbocycles. The number of carbonyl (C=O) groups excluding carboxylic acids is 3. The minimum atomic E-state index is -0.593. The maximum atomic E-state index is 12.6. The highest BCUT2D eigenvalue weighted by atomic mass is 79.9. The van der Waals surface area contributed by atoms with Gasteiger partial charge in [-0.25, -0.2) is 0 Å². The van der Waals surface area contributed by atoms with Crippen LogP contribution in [0.2, 0.25) is 0 Å². The van der Waals surface area contributed by atoms with E-state index in [2.05, 4.69) is 26.6 Å². The first-order valence-corrected chi connectivity index (χ1v) is 10.4. The molecule has 7 heteroatoms. The van der Waals surface area contributed by atoms with Crippen LogP contribution >= 0.6 is 15.9 Å². The van der Waals surface area contributed by atoms with Crippen molar-refractivity contribution in [2.45, 2.75) is 12.5 Å². The van der Waals surface area contributed by atoms with Gasteiger partial charge in [-0.15, -0.1) is 0 Å². The van der Waals surface area contributed by atoms with Gasteiger partial charge >= 0.3 is 5.97 Å². The number of benzene rings is 3. The number of nitrogens with one attached hydrogen (secondary N) is 2. The molecule has 3 rings (SSSR count). The van der Waals surface area contributed by atoms with Crippen LogP contribution < -0.4 is 10.6 Å². The number of amides is 2. The van der Waals surface area contributed by atoms with Crippen LogP contribution in [0.25, 0.3) is 0 Å². The molecule has 6 nitrogen and oxygen atoms in total. The summed E-state index contributed by atoms with van der Waals surface area (Å²) in [6.07, 6.45) is -0.106. The quantitative estimate of drug-likeness (QED) is 0.465. The Morgan fingerprint density at radius 3 is 2.13 bits per heavy atom. The van der Waals surface area contributed by atoms with E-state index in [1.165, 1.54) is 0 Å².